The zero-order chi connectivity index (χ0) is 17.5. The van der Waals surface area contributed by atoms with Gasteiger partial charge in [-0.25, -0.2) is 4.39 Å². The molecule has 0 spiro atoms. The fourth-order valence-electron chi connectivity index (χ4n) is 2.98. The zero-order valence-corrected chi connectivity index (χ0v) is 14.5. The minimum absolute atomic E-state index is 0.254. The highest BCUT2D eigenvalue weighted by Crippen LogP contribution is 2.43. The molecule has 6 heteroatoms. The van der Waals surface area contributed by atoms with Crippen molar-refractivity contribution in [1.29, 1.82) is 0 Å². The number of halogens is 2. The Labute approximate surface area is 147 Å². The van der Waals surface area contributed by atoms with Crippen LogP contribution in [0.4, 0.5) is 10.1 Å². The van der Waals surface area contributed by atoms with Gasteiger partial charge >= 0.3 is 0 Å². The van der Waals surface area contributed by atoms with Gasteiger partial charge in [0.1, 0.15) is 5.82 Å². The van der Waals surface area contributed by atoms with E-state index in [1.165, 1.54) is 29.2 Å². The summed E-state index contributed by atoms with van der Waals surface area (Å²) in [6.07, 6.45) is -0.391. The highest BCUT2D eigenvalue weighted by Gasteiger charge is 2.50. The van der Waals surface area contributed by atoms with Gasteiger partial charge in [-0.3, -0.25) is 9.59 Å². The van der Waals surface area contributed by atoms with Crippen LogP contribution in [0.25, 0.3) is 0 Å². The van der Waals surface area contributed by atoms with E-state index < -0.39 is 29.5 Å². The van der Waals surface area contributed by atoms with Crippen molar-refractivity contribution in [3.63, 3.8) is 0 Å². The number of likely N-dealkylation sites (N-methyl/N-ethyl adjacent to an activating group) is 1. The fourth-order valence-corrected chi connectivity index (χ4v) is 3.34. The molecule has 0 aromatic heterocycles. The molecule has 2 aromatic carbocycles. The first-order valence-corrected chi connectivity index (χ1v) is 8.29. The Balaban J connectivity index is 2.00. The van der Waals surface area contributed by atoms with Crippen molar-refractivity contribution in [1.82, 2.24) is 0 Å². The molecule has 0 fully saturated rings. The SMILES string of the molecule is CCN1C(=O)[C@@](O)(CC(=O)c2ccc(F)cc2)c2cc(Br)ccc21. The van der Waals surface area contributed by atoms with Crippen LogP contribution >= 0.6 is 15.9 Å². The van der Waals surface area contributed by atoms with E-state index in [9.17, 15) is 19.1 Å². The summed E-state index contributed by atoms with van der Waals surface area (Å²) in [6, 6.07) is 10.2. The van der Waals surface area contributed by atoms with E-state index in [4.69, 9.17) is 0 Å². The summed E-state index contributed by atoms with van der Waals surface area (Å²) >= 11 is 3.33. The Hall–Kier alpha value is -2.05. The highest BCUT2D eigenvalue weighted by molar-refractivity contribution is 9.10. The van der Waals surface area contributed by atoms with Crippen LogP contribution in [0.15, 0.2) is 46.9 Å². The number of fused-ring (bicyclic) bond motifs is 1. The van der Waals surface area contributed by atoms with Crippen molar-refractivity contribution in [2.75, 3.05) is 11.4 Å². The van der Waals surface area contributed by atoms with Gasteiger partial charge in [0.25, 0.3) is 5.91 Å². The summed E-state index contributed by atoms with van der Waals surface area (Å²) in [5.41, 5.74) is -0.663. The maximum absolute atomic E-state index is 13.0. The largest absolute Gasteiger partial charge is 0.375 e. The molecule has 24 heavy (non-hydrogen) atoms. The van der Waals surface area contributed by atoms with Gasteiger partial charge in [0, 0.05) is 22.1 Å². The third-order valence-electron chi connectivity index (χ3n) is 4.19. The minimum Gasteiger partial charge on any atom is -0.375 e. The summed E-state index contributed by atoms with van der Waals surface area (Å²) in [5, 5.41) is 11.0. The topological polar surface area (TPSA) is 57.6 Å². The summed E-state index contributed by atoms with van der Waals surface area (Å²) in [4.78, 5) is 26.6. The van der Waals surface area contributed by atoms with Gasteiger partial charge in [0.15, 0.2) is 11.4 Å². The molecule has 3 rings (SSSR count). The second-order valence-electron chi connectivity index (χ2n) is 5.68. The molecular formula is C18H15BrFNO3. The van der Waals surface area contributed by atoms with Crippen LogP contribution in [0.5, 0.6) is 0 Å². The Morgan fingerprint density at radius 2 is 1.92 bits per heavy atom. The van der Waals surface area contributed by atoms with Crippen molar-refractivity contribution >= 4 is 33.3 Å². The number of anilines is 1. The van der Waals surface area contributed by atoms with Gasteiger partial charge in [-0.15, -0.1) is 0 Å². The van der Waals surface area contributed by atoms with Crippen LogP contribution in [0, 0.1) is 5.82 Å². The molecule has 4 nitrogen and oxygen atoms in total. The third kappa shape index (κ3) is 2.65. The van der Waals surface area contributed by atoms with Gasteiger partial charge in [-0.2, -0.15) is 0 Å². The Morgan fingerprint density at radius 3 is 2.54 bits per heavy atom. The van der Waals surface area contributed by atoms with Gasteiger partial charge in [-0.05, 0) is 49.4 Å². The van der Waals surface area contributed by atoms with Gasteiger partial charge in [-0.1, -0.05) is 15.9 Å². The lowest BCUT2D eigenvalue weighted by Gasteiger charge is -2.22. The van der Waals surface area contributed by atoms with E-state index in [0.717, 1.165) is 0 Å². The van der Waals surface area contributed by atoms with Crippen LogP contribution in [0.1, 0.15) is 29.3 Å². The smallest absolute Gasteiger partial charge is 0.264 e. The van der Waals surface area contributed by atoms with Crippen molar-refractivity contribution in [3.05, 3.63) is 63.9 Å². The maximum atomic E-state index is 13.0. The maximum Gasteiger partial charge on any atom is 0.264 e. The lowest BCUT2D eigenvalue weighted by molar-refractivity contribution is -0.135. The van der Waals surface area contributed by atoms with Gasteiger partial charge < -0.3 is 10.0 Å². The number of rotatable bonds is 4. The molecule has 0 bridgehead atoms. The van der Waals surface area contributed by atoms with Crippen molar-refractivity contribution in [2.45, 2.75) is 18.9 Å². The number of amides is 1. The molecule has 1 atom stereocenters. The summed E-state index contributed by atoms with van der Waals surface area (Å²) in [6.45, 7) is 2.19. The average Bonchev–Trinajstić information content (AvgIpc) is 2.76. The van der Waals surface area contributed by atoms with Crippen LogP contribution in [0.2, 0.25) is 0 Å². The Morgan fingerprint density at radius 1 is 1.25 bits per heavy atom. The monoisotopic (exact) mass is 391 g/mol. The van der Waals surface area contributed by atoms with Gasteiger partial charge in [0.05, 0.1) is 12.1 Å². The van der Waals surface area contributed by atoms with E-state index in [0.29, 0.717) is 22.3 Å². The average molecular weight is 392 g/mol. The molecule has 0 saturated heterocycles. The standard InChI is InChI=1S/C18H15BrFNO3/c1-2-21-15-8-5-12(19)9-14(15)18(24,17(21)23)10-16(22)11-3-6-13(20)7-4-11/h3-9,24H,2,10H2,1H3/t18-/m1/s1. The lowest BCUT2D eigenvalue weighted by Crippen LogP contribution is -2.41. The van der Waals surface area contributed by atoms with Crippen molar-refractivity contribution in [3.8, 4) is 0 Å². The first-order valence-electron chi connectivity index (χ1n) is 7.50. The lowest BCUT2D eigenvalue weighted by atomic mass is 9.88. The molecule has 2 aromatic rings. The minimum atomic E-state index is -1.92. The molecule has 1 heterocycles. The number of hydrogen-bond acceptors (Lipinski definition) is 3. The van der Waals surface area contributed by atoms with E-state index in [1.807, 2.05) is 0 Å². The first kappa shape index (κ1) is 16.8. The normalized spacial score (nSPS) is 19.5. The number of carbonyl (C=O) groups excluding carboxylic acids is 2. The summed E-state index contributed by atoms with van der Waals surface area (Å²) in [7, 11) is 0. The van der Waals surface area contributed by atoms with Crippen LogP contribution in [-0.4, -0.2) is 23.3 Å². The fraction of sp³-hybridized carbons (Fsp3) is 0.222. The van der Waals surface area contributed by atoms with Crippen molar-refractivity contribution in [2.24, 2.45) is 0 Å². The predicted octanol–water partition coefficient (Wildman–Crippen LogP) is 3.42. The van der Waals surface area contributed by atoms with Crippen LogP contribution in [-0.2, 0) is 10.4 Å². The number of aliphatic hydroxyl groups is 1. The van der Waals surface area contributed by atoms with Crippen LogP contribution in [0.3, 0.4) is 0 Å². The first-order chi connectivity index (χ1) is 11.4. The Kier molecular flexibility index (Phi) is 4.27. The van der Waals surface area contributed by atoms with Crippen molar-refractivity contribution < 1.29 is 19.1 Å². The third-order valence-corrected chi connectivity index (χ3v) is 4.69. The number of hydrogen-bond donors (Lipinski definition) is 1. The van der Waals surface area contributed by atoms with E-state index >= 15 is 0 Å². The molecule has 0 saturated carbocycles. The summed E-state index contributed by atoms with van der Waals surface area (Å²) in [5.74, 6) is -1.39. The second-order valence-corrected chi connectivity index (χ2v) is 6.59. The molecule has 1 aliphatic heterocycles. The van der Waals surface area contributed by atoms with Gasteiger partial charge in [0.2, 0.25) is 0 Å². The molecule has 1 N–H and O–H groups in total. The molecule has 1 amide bonds. The molecule has 1 aliphatic rings. The van der Waals surface area contributed by atoms with Crippen LogP contribution < -0.4 is 4.90 Å². The zero-order valence-electron chi connectivity index (χ0n) is 12.9. The number of nitrogens with zero attached hydrogens (tertiary/aromatic N) is 1. The highest BCUT2D eigenvalue weighted by atomic mass is 79.9. The number of Topliss-reactive ketones (excluding diaryl/α,β-unsaturated/α-hetero) is 1. The summed E-state index contributed by atoms with van der Waals surface area (Å²) < 4.78 is 13.7. The second kappa shape index (κ2) is 6.11. The quantitative estimate of drug-likeness (QED) is 0.812. The molecule has 0 radical (unpaired) electrons. The molecule has 0 aliphatic carbocycles. The molecule has 0 unspecified atom stereocenters. The van der Waals surface area contributed by atoms with E-state index in [-0.39, 0.29) is 5.56 Å². The number of ketones is 1. The van der Waals surface area contributed by atoms with E-state index in [1.54, 1.807) is 25.1 Å². The molecular weight excluding hydrogens is 377 g/mol. The van der Waals surface area contributed by atoms with E-state index in [2.05, 4.69) is 15.9 Å². The number of benzene rings is 2. The predicted molar refractivity (Wildman–Crippen MR) is 91.4 cm³/mol. The number of carbonyl (C=O) groups is 2. The molecule has 124 valence electrons. The Bertz CT molecular complexity index is 822.